The molecule has 27 heavy (non-hydrogen) atoms. The Labute approximate surface area is 161 Å². The molecule has 2 unspecified atom stereocenters. The Morgan fingerprint density at radius 2 is 1.85 bits per heavy atom. The first kappa shape index (κ1) is 19.7. The van der Waals surface area contributed by atoms with E-state index in [1.807, 2.05) is 42.5 Å². The van der Waals surface area contributed by atoms with E-state index in [-0.39, 0.29) is 12.7 Å². The molecule has 1 N–H and O–H groups in total. The third-order valence-electron chi connectivity index (χ3n) is 4.70. The minimum Gasteiger partial charge on any atom is -0.493 e. The van der Waals surface area contributed by atoms with Crippen molar-refractivity contribution in [1.29, 1.82) is 0 Å². The van der Waals surface area contributed by atoms with Crippen molar-refractivity contribution in [3.63, 3.8) is 0 Å². The predicted octanol–water partition coefficient (Wildman–Crippen LogP) is 3.12. The van der Waals surface area contributed by atoms with Gasteiger partial charge in [0.05, 0.1) is 13.2 Å². The van der Waals surface area contributed by atoms with Crippen LogP contribution < -0.4 is 9.47 Å². The number of rotatable bonds is 10. The third-order valence-corrected chi connectivity index (χ3v) is 4.70. The van der Waals surface area contributed by atoms with Gasteiger partial charge in [-0.05, 0) is 30.5 Å². The summed E-state index contributed by atoms with van der Waals surface area (Å²) in [5, 5.41) is 10.5. The summed E-state index contributed by atoms with van der Waals surface area (Å²) in [6, 6.07) is 17.8. The number of benzene rings is 2. The maximum Gasteiger partial charge on any atom is 0.161 e. The fourth-order valence-electron chi connectivity index (χ4n) is 3.40. The van der Waals surface area contributed by atoms with E-state index in [2.05, 4.69) is 17.0 Å². The molecule has 0 saturated carbocycles. The second-order valence-corrected chi connectivity index (χ2v) is 6.93. The zero-order chi connectivity index (χ0) is 18.9. The summed E-state index contributed by atoms with van der Waals surface area (Å²) >= 11 is 0. The van der Waals surface area contributed by atoms with Crippen LogP contribution in [0.4, 0.5) is 0 Å². The number of hydrogen-bond donors (Lipinski definition) is 1. The highest BCUT2D eigenvalue weighted by molar-refractivity contribution is 5.39. The number of nitrogens with zero attached hydrogens (tertiary/aromatic N) is 1. The molecule has 0 aromatic heterocycles. The Morgan fingerprint density at radius 3 is 2.56 bits per heavy atom. The minimum absolute atomic E-state index is 0.219. The Kier molecular flexibility index (Phi) is 7.51. The fraction of sp³-hybridized carbons (Fsp3) is 0.455. The molecule has 0 aliphatic carbocycles. The van der Waals surface area contributed by atoms with E-state index in [1.165, 1.54) is 5.56 Å². The van der Waals surface area contributed by atoms with Crippen molar-refractivity contribution in [2.75, 3.05) is 33.4 Å². The molecule has 5 heteroatoms. The lowest BCUT2D eigenvalue weighted by atomic mass is 10.1. The average Bonchev–Trinajstić information content (AvgIpc) is 3.20. The van der Waals surface area contributed by atoms with Crippen LogP contribution in [0, 0.1) is 0 Å². The molecule has 1 fully saturated rings. The van der Waals surface area contributed by atoms with E-state index in [4.69, 9.17) is 14.2 Å². The molecule has 1 aliphatic heterocycles. The molecule has 1 heterocycles. The summed E-state index contributed by atoms with van der Waals surface area (Å²) in [6.07, 6.45) is 1.85. The molecule has 2 atom stereocenters. The SMILES string of the molecule is COc1ccccc1OCC(O)CN(Cc1ccccc1)CC1CCCO1. The zero-order valence-corrected chi connectivity index (χ0v) is 15.9. The number of aliphatic hydroxyl groups excluding tert-OH is 1. The summed E-state index contributed by atoms with van der Waals surface area (Å²) in [5.41, 5.74) is 1.23. The molecular weight excluding hydrogens is 342 g/mol. The van der Waals surface area contributed by atoms with Crippen LogP contribution in [0.25, 0.3) is 0 Å². The first-order valence-electron chi connectivity index (χ1n) is 9.56. The molecule has 0 spiro atoms. The summed E-state index contributed by atoms with van der Waals surface area (Å²) in [6.45, 7) is 3.19. The van der Waals surface area contributed by atoms with Crippen molar-refractivity contribution in [1.82, 2.24) is 4.90 Å². The number of aliphatic hydroxyl groups is 1. The highest BCUT2D eigenvalue weighted by Gasteiger charge is 2.21. The van der Waals surface area contributed by atoms with Crippen molar-refractivity contribution >= 4 is 0 Å². The number of para-hydroxylation sites is 2. The topological polar surface area (TPSA) is 51.2 Å². The highest BCUT2D eigenvalue weighted by atomic mass is 16.5. The van der Waals surface area contributed by atoms with Crippen LogP contribution in [0.2, 0.25) is 0 Å². The maximum absolute atomic E-state index is 10.5. The molecule has 2 aromatic rings. The van der Waals surface area contributed by atoms with E-state index in [9.17, 15) is 5.11 Å². The first-order valence-corrected chi connectivity index (χ1v) is 9.56. The Morgan fingerprint density at radius 1 is 1.11 bits per heavy atom. The van der Waals surface area contributed by atoms with Gasteiger partial charge >= 0.3 is 0 Å². The van der Waals surface area contributed by atoms with Crippen molar-refractivity contribution in [3.05, 3.63) is 60.2 Å². The molecule has 1 aliphatic rings. The van der Waals surface area contributed by atoms with Gasteiger partial charge in [0.25, 0.3) is 0 Å². The number of methoxy groups -OCH3 is 1. The van der Waals surface area contributed by atoms with E-state index in [0.717, 1.165) is 32.5 Å². The summed E-state index contributed by atoms with van der Waals surface area (Å²) in [7, 11) is 1.61. The Bertz CT molecular complexity index is 673. The minimum atomic E-state index is -0.597. The highest BCUT2D eigenvalue weighted by Crippen LogP contribution is 2.26. The predicted molar refractivity (Wildman–Crippen MR) is 105 cm³/mol. The van der Waals surface area contributed by atoms with E-state index in [1.54, 1.807) is 7.11 Å². The normalized spacial score (nSPS) is 17.8. The van der Waals surface area contributed by atoms with Gasteiger partial charge in [0.15, 0.2) is 11.5 Å². The molecular formula is C22H29NO4. The largest absolute Gasteiger partial charge is 0.493 e. The summed E-state index contributed by atoms with van der Waals surface area (Å²) in [5.74, 6) is 1.32. The Hall–Kier alpha value is -2.08. The van der Waals surface area contributed by atoms with Gasteiger partial charge in [-0.25, -0.2) is 0 Å². The van der Waals surface area contributed by atoms with Crippen molar-refractivity contribution in [3.8, 4) is 11.5 Å². The molecule has 3 rings (SSSR count). The van der Waals surface area contributed by atoms with Crippen LogP contribution in [0.1, 0.15) is 18.4 Å². The lowest BCUT2D eigenvalue weighted by Crippen LogP contribution is -2.39. The van der Waals surface area contributed by atoms with Crippen LogP contribution >= 0.6 is 0 Å². The molecule has 0 amide bonds. The lowest BCUT2D eigenvalue weighted by molar-refractivity contribution is 0.0310. The number of hydrogen-bond acceptors (Lipinski definition) is 5. The molecule has 2 aromatic carbocycles. The summed E-state index contributed by atoms with van der Waals surface area (Å²) in [4.78, 5) is 2.25. The standard InChI is InChI=1S/C22H29NO4/c1-25-21-11-5-6-12-22(21)27-17-19(24)15-23(16-20-10-7-13-26-20)14-18-8-3-2-4-9-18/h2-6,8-9,11-12,19-20,24H,7,10,13-17H2,1H3. The average molecular weight is 371 g/mol. The van der Waals surface area contributed by atoms with Crippen LogP contribution in [0.5, 0.6) is 11.5 Å². The van der Waals surface area contributed by atoms with E-state index < -0.39 is 6.10 Å². The molecule has 0 radical (unpaired) electrons. The van der Waals surface area contributed by atoms with Gasteiger partial charge in [-0.3, -0.25) is 4.90 Å². The van der Waals surface area contributed by atoms with Gasteiger partial charge in [-0.1, -0.05) is 42.5 Å². The van der Waals surface area contributed by atoms with Gasteiger partial charge in [0.2, 0.25) is 0 Å². The van der Waals surface area contributed by atoms with Gasteiger partial charge in [0, 0.05) is 26.2 Å². The molecule has 1 saturated heterocycles. The van der Waals surface area contributed by atoms with Gasteiger partial charge in [-0.2, -0.15) is 0 Å². The van der Waals surface area contributed by atoms with Crippen molar-refractivity contribution in [2.45, 2.75) is 31.6 Å². The first-order chi connectivity index (χ1) is 13.2. The van der Waals surface area contributed by atoms with Crippen LogP contribution in [-0.2, 0) is 11.3 Å². The maximum atomic E-state index is 10.5. The zero-order valence-electron chi connectivity index (χ0n) is 15.9. The lowest BCUT2D eigenvalue weighted by Gasteiger charge is -2.27. The van der Waals surface area contributed by atoms with Crippen LogP contribution in [-0.4, -0.2) is 55.6 Å². The monoisotopic (exact) mass is 371 g/mol. The summed E-state index contributed by atoms with van der Waals surface area (Å²) < 4.78 is 16.9. The Balaban J connectivity index is 1.56. The van der Waals surface area contributed by atoms with Crippen LogP contribution in [0.15, 0.2) is 54.6 Å². The third kappa shape index (κ3) is 6.24. The quantitative estimate of drug-likeness (QED) is 0.695. The smallest absolute Gasteiger partial charge is 0.161 e. The van der Waals surface area contributed by atoms with Crippen molar-refractivity contribution < 1.29 is 19.3 Å². The van der Waals surface area contributed by atoms with Gasteiger partial charge in [-0.15, -0.1) is 0 Å². The van der Waals surface area contributed by atoms with Gasteiger partial charge in [0.1, 0.15) is 12.7 Å². The van der Waals surface area contributed by atoms with E-state index >= 15 is 0 Å². The van der Waals surface area contributed by atoms with Gasteiger partial charge < -0.3 is 19.3 Å². The molecule has 5 nitrogen and oxygen atoms in total. The second-order valence-electron chi connectivity index (χ2n) is 6.93. The second kappa shape index (κ2) is 10.3. The van der Waals surface area contributed by atoms with Crippen molar-refractivity contribution in [2.24, 2.45) is 0 Å². The number of ether oxygens (including phenoxy) is 3. The van der Waals surface area contributed by atoms with E-state index in [0.29, 0.717) is 18.0 Å². The fourth-order valence-corrected chi connectivity index (χ4v) is 3.40. The van der Waals surface area contributed by atoms with Crippen LogP contribution in [0.3, 0.4) is 0 Å². The molecule has 146 valence electrons. The molecule has 0 bridgehead atoms.